The first-order valence-electron chi connectivity index (χ1n) is 12.8. The maximum Gasteiger partial charge on any atom is 0.418 e. The molecule has 0 saturated heterocycles. The van der Waals surface area contributed by atoms with Gasteiger partial charge in [0.2, 0.25) is 5.91 Å². The van der Waals surface area contributed by atoms with E-state index in [4.69, 9.17) is 9.47 Å². The van der Waals surface area contributed by atoms with Crippen LogP contribution in [0.3, 0.4) is 0 Å². The molecule has 3 atom stereocenters. The lowest BCUT2D eigenvalue weighted by atomic mass is 9.69. The van der Waals surface area contributed by atoms with E-state index in [2.05, 4.69) is 0 Å². The maximum absolute atomic E-state index is 14.3. The second-order valence-electron chi connectivity index (χ2n) is 9.56. The molecule has 1 aliphatic carbocycles. The summed E-state index contributed by atoms with van der Waals surface area (Å²) in [6.45, 7) is 1.71. The Morgan fingerprint density at radius 3 is 2.50 bits per heavy atom. The van der Waals surface area contributed by atoms with Gasteiger partial charge in [0, 0.05) is 34.4 Å². The highest BCUT2D eigenvalue weighted by molar-refractivity contribution is 7.10. The summed E-state index contributed by atoms with van der Waals surface area (Å²) in [6.07, 6.45) is -4.99. The molecule has 0 spiro atoms. The number of hydrogen-bond acceptors (Lipinski definition) is 6. The number of alkyl halides is 3. The van der Waals surface area contributed by atoms with Crippen molar-refractivity contribution in [1.29, 1.82) is 0 Å². The first kappa shape index (κ1) is 27.6. The van der Waals surface area contributed by atoms with Gasteiger partial charge in [0.05, 0.1) is 25.0 Å². The number of Topliss-reactive ketones (excluding diaryl/α,β-unsaturated/α-hetero) is 1. The molecule has 0 unspecified atom stereocenters. The van der Waals surface area contributed by atoms with Crippen LogP contribution in [0.25, 0.3) is 0 Å². The third-order valence-electron chi connectivity index (χ3n) is 7.32. The van der Waals surface area contributed by atoms with E-state index in [-0.39, 0.29) is 36.4 Å². The molecular formula is C30H26F3NO5S. The zero-order valence-electron chi connectivity index (χ0n) is 21.7. The van der Waals surface area contributed by atoms with E-state index >= 15 is 0 Å². The number of carbonyl (C=O) groups excluding carboxylic acids is 3. The third kappa shape index (κ3) is 4.92. The van der Waals surface area contributed by atoms with Crippen molar-refractivity contribution >= 4 is 34.7 Å². The molecule has 3 aromatic rings. The second kappa shape index (κ2) is 10.9. The lowest BCUT2D eigenvalue weighted by molar-refractivity contribution is -0.152. The Hall–Kier alpha value is -3.92. The third-order valence-corrected chi connectivity index (χ3v) is 8.32. The van der Waals surface area contributed by atoms with Crippen LogP contribution in [0.15, 0.2) is 77.3 Å². The van der Waals surface area contributed by atoms with E-state index in [1.54, 1.807) is 48.7 Å². The smallest absolute Gasteiger partial charge is 0.418 e. The number of carbonyl (C=O) groups is 3. The van der Waals surface area contributed by atoms with Crippen LogP contribution in [0.2, 0.25) is 0 Å². The van der Waals surface area contributed by atoms with E-state index in [1.807, 2.05) is 0 Å². The van der Waals surface area contributed by atoms with Crippen molar-refractivity contribution in [3.8, 4) is 5.75 Å². The highest BCUT2D eigenvalue weighted by Gasteiger charge is 2.51. The van der Waals surface area contributed by atoms with Gasteiger partial charge in [-0.25, -0.2) is 0 Å². The Morgan fingerprint density at radius 1 is 1.05 bits per heavy atom. The summed E-state index contributed by atoms with van der Waals surface area (Å²) in [6, 6.07) is 15.3. The number of amides is 1. The summed E-state index contributed by atoms with van der Waals surface area (Å²) >= 11 is 1.33. The van der Waals surface area contributed by atoms with Crippen molar-refractivity contribution in [3.05, 3.63) is 93.3 Å². The van der Waals surface area contributed by atoms with E-state index in [0.717, 1.165) is 11.0 Å². The summed E-state index contributed by atoms with van der Waals surface area (Å²) < 4.78 is 53.0. The number of allylic oxidation sites excluding steroid dienone is 2. The Morgan fingerprint density at radius 2 is 1.82 bits per heavy atom. The lowest BCUT2D eigenvalue weighted by Gasteiger charge is -2.42. The fraction of sp³-hybridized carbons (Fsp3) is 0.300. The van der Waals surface area contributed by atoms with Crippen LogP contribution in [0, 0.1) is 5.92 Å². The number of benzene rings is 2. The molecule has 0 radical (unpaired) electrons. The van der Waals surface area contributed by atoms with Crippen molar-refractivity contribution in [2.24, 2.45) is 5.92 Å². The highest BCUT2D eigenvalue weighted by atomic mass is 32.1. The van der Waals surface area contributed by atoms with Crippen molar-refractivity contribution in [1.82, 2.24) is 0 Å². The van der Waals surface area contributed by atoms with Crippen LogP contribution >= 0.6 is 11.3 Å². The normalized spacial score (nSPS) is 21.3. The number of rotatable bonds is 6. The van der Waals surface area contributed by atoms with Crippen LogP contribution in [-0.2, 0) is 25.3 Å². The Labute approximate surface area is 233 Å². The highest BCUT2D eigenvalue weighted by Crippen LogP contribution is 2.51. The molecule has 0 bridgehead atoms. The predicted molar refractivity (Wildman–Crippen MR) is 143 cm³/mol. The van der Waals surface area contributed by atoms with E-state index in [9.17, 15) is 27.6 Å². The van der Waals surface area contributed by atoms with Gasteiger partial charge in [-0.2, -0.15) is 13.2 Å². The molecular weight excluding hydrogens is 543 g/mol. The van der Waals surface area contributed by atoms with Crippen LogP contribution < -0.4 is 9.64 Å². The Balaban J connectivity index is 1.76. The first-order chi connectivity index (χ1) is 19.2. The molecule has 0 saturated carbocycles. The van der Waals surface area contributed by atoms with Crippen molar-refractivity contribution < 1.29 is 37.0 Å². The summed E-state index contributed by atoms with van der Waals surface area (Å²) in [5.74, 6) is -4.00. The van der Waals surface area contributed by atoms with E-state index < -0.39 is 47.2 Å². The largest absolute Gasteiger partial charge is 0.497 e. The molecule has 2 aliphatic rings. The first-order valence-corrected chi connectivity index (χ1v) is 13.6. The summed E-state index contributed by atoms with van der Waals surface area (Å²) in [7, 11) is 1.49. The molecule has 6 nitrogen and oxygen atoms in total. The van der Waals surface area contributed by atoms with Gasteiger partial charge in [-0.1, -0.05) is 30.3 Å². The zero-order chi connectivity index (χ0) is 28.6. The van der Waals surface area contributed by atoms with Gasteiger partial charge in [0.25, 0.3) is 0 Å². The summed E-state index contributed by atoms with van der Waals surface area (Å²) in [5, 5.41) is 1.80. The van der Waals surface area contributed by atoms with Gasteiger partial charge >= 0.3 is 12.1 Å². The van der Waals surface area contributed by atoms with Crippen molar-refractivity contribution in [2.45, 2.75) is 37.8 Å². The summed E-state index contributed by atoms with van der Waals surface area (Å²) in [4.78, 5) is 43.1. The van der Waals surface area contributed by atoms with Gasteiger partial charge < -0.3 is 9.47 Å². The minimum Gasteiger partial charge on any atom is -0.497 e. The number of nitrogens with zero attached hydrogens (tertiary/aromatic N) is 1. The molecule has 10 heteroatoms. The average Bonchev–Trinajstić information content (AvgIpc) is 3.47. The number of ether oxygens (including phenoxy) is 2. The number of halogens is 3. The zero-order valence-corrected chi connectivity index (χ0v) is 22.6. The molecule has 1 aromatic heterocycles. The number of methoxy groups -OCH3 is 1. The Kier molecular flexibility index (Phi) is 7.55. The fourth-order valence-electron chi connectivity index (χ4n) is 5.63. The summed E-state index contributed by atoms with van der Waals surface area (Å²) in [5.41, 5.74) is -0.415. The second-order valence-corrected chi connectivity index (χ2v) is 10.5. The molecule has 2 heterocycles. The number of para-hydroxylation sites is 1. The van der Waals surface area contributed by atoms with Gasteiger partial charge in [-0.3, -0.25) is 19.3 Å². The number of thiophene rings is 1. The molecule has 0 fully saturated rings. The molecule has 5 rings (SSSR count). The number of hydrogen-bond donors (Lipinski definition) is 0. The van der Waals surface area contributed by atoms with Gasteiger partial charge in [0.1, 0.15) is 11.7 Å². The van der Waals surface area contributed by atoms with Crippen molar-refractivity contribution in [3.63, 3.8) is 0 Å². The molecule has 2 aromatic carbocycles. The molecule has 1 amide bonds. The lowest BCUT2D eigenvalue weighted by Crippen LogP contribution is -2.47. The molecule has 0 N–H and O–H groups in total. The standard InChI is InChI=1S/C30H26F3NO5S/c1-3-39-29(37)27-20(24-12-7-13-40-24)15-23-26(28(27)36)19(17-8-6-9-18(14-17)38-2)16-25(35)34(23)22-11-5-4-10-21(22)30(31,32)33/h4-14,19-20,27H,3,15-16H2,1-2H3/t19-,20-,27+/m0/s1. The number of esters is 1. The fourth-order valence-corrected chi connectivity index (χ4v) is 6.50. The quantitative estimate of drug-likeness (QED) is 0.251. The SMILES string of the molecule is CCOC(=O)[C@H]1C(=O)C2=C(C[C@H]1c1cccs1)N(c1ccccc1C(F)(F)F)C(=O)C[C@H]2c1cccc(OC)c1. The topological polar surface area (TPSA) is 72.9 Å². The van der Waals surface area contributed by atoms with Crippen LogP contribution in [0.1, 0.15) is 47.6 Å². The molecule has 40 heavy (non-hydrogen) atoms. The monoisotopic (exact) mass is 569 g/mol. The van der Waals surface area contributed by atoms with Gasteiger partial charge in [-0.15, -0.1) is 11.3 Å². The molecule has 208 valence electrons. The van der Waals surface area contributed by atoms with Crippen LogP contribution in [0.4, 0.5) is 18.9 Å². The van der Waals surface area contributed by atoms with Gasteiger partial charge in [-0.05, 0) is 54.6 Å². The van der Waals surface area contributed by atoms with Crippen molar-refractivity contribution in [2.75, 3.05) is 18.6 Å². The minimum absolute atomic E-state index is 0.00344. The maximum atomic E-state index is 14.3. The predicted octanol–water partition coefficient (Wildman–Crippen LogP) is 6.49. The van der Waals surface area contributed by atoms with Gasteiger partial charge in [0.15, 0.2) is 5.78 Å². The van der Waals surface area contributed by atoms with Crippen LogP contribution in [0.5, 0.6) is 5.75 Å². The average molecular weight is 570 g/mol. The number of ketones is 1. The van der Waals surface area contributed by atoms with E-state index in [1.165, 1.54) is 36.6 Å². The Bertz CT molecular complexity index is 1480. The van der Waals surface area contributed by atoms with E-state index in [0.29, 0.717) is 16.2 Å². The number of anilines is 1. The molecule has 1 aliphatic heterocycles. The van der Waals surface area contributed by atoms with Crippen LogP contribution in [-0.4, -0.2) is 31.4 Å². The minimum atomic E-state index is -4.74.